The van der Waals surface area contributed by atoms with Gasteiger partial charge < -0.3 is 5.73 Å². The van der Waals surface area contributed by atoms with Crippen LogP contribution in [-0.4, -0.2) is 5.91 Å². The maximum atomic E-state index is 10.7. The summed E-state index contributed by atoms with van der Waals surface area (Å²) in [6.45, 7) is 3.78. The fraction of sp³-hybridized carbons (Fsp3) is 0.250. The van der Waals surface area contributed by atoms with Crippen LogP contribution in [0.3, 0.4) is 0 Å². The van der Waals surface area contributed by atoms with E-state index in [9.17, 15) is 4.79 Å². The highest BCUT2D eigenvalue weighted by atomic mass is 16.1. The zero-order chi connectivity index (χ0) is 10.6. The lowest BCUT2D eigenvalue weighted by Gasteiger charge is -1.98. The first kappa shape index (κ1) is 10.5. The Kier molecular flexibility index (Phi) is 3.46. The zero-order valence-electron chi connectivity index (χ0n) is 8.58. The Morgan fingerprint density at radius 1 is 1.36 bits per heavy atom. The lowest BCUT2D eigenvalue weighted by molar-refractivity contribution is -0.114. The van der Waals surface area contributed by atoms with E-state index in [-0.39, 0.29) is 5.91 Å². The Balaban J connectivity index is 2.66. The second kappa shape index (κ2) is 4.61. The molecule has 0 radical (unpaired) electrons. The van der Waals surface area contributed by atoms with Crippen molar-refractivity contribution in [1.82, 2.24) is 0 Å². The second-order valence-corrected chi connectivity index (χ2v) is 3.44. The number of benzene rings is 1. The number of nitrogens with two attached hydrogens (primary N) is 1. The number of hydrogen-bond acceptors (Lipinski definition) is 1. The molecule has 14 heavy (non-hydrogen) atoms. The molecule has 0 bridgehead atoms. The van der Waals surface area contributed by atoms with E-state index in [1.165, 1.54) is 11.1 Å². The van der Waals surface area contributed by atoms with E-state index in [0.717, 1.165) is 6.42 Å². The van der Waals surface area contributed by atoms with E-state index in [2.05, 4.69) is 24.3 Å². The Morgan fingerprint density at radius 3 is 2.43 bits per heavy atom. The summed E-state index contributed by atoms with van der Waals surface area (Å²) in [5.74, 6) is -0.350. The van der Waals surface area contributed by atoms with Crippen molar-refractivity contribution in [2.75, 3.05) is 0 Å². The van der Waals surface area contributed by atoms with E-state index in [1.54, 1.807) is 6.92 Å². The molecule has 1 aromatic rings. The molecule has 2 N–H and O–H groups in total. The van der Waals surface area contributed by atoms with Crippen LogP contribution in [0.15, 0.2) is 35.9 Å². The van der Waals surface area contributed by atoms with Crippen LogP contribution in [-0.2, 0) is 11.2 Å². The smallest absolute Gasteiger partial charge is 0.244 e. The molecule has 0 heterocycles. The van der Waals surface area contributed by atoms with Crippen molar-refractivity contribution in [3.63, 3.8) is 0 Å². The van der Waals surface area contributed by atoms with Gasteiger partial charge in [-0.15, -0.1) is 0 Å². The molecule has 1 aromatic carbocycles. The summed E-state index contributed by atoms with van der Waals surface area (Å²) < 4.78 is 0. The molecule has 0 aliphatic rings. The predicted molar refractivity (Wildman–Crippen MR) is 57.8 cm³/mol. The maximum absolute atomic E-state index is 10.7. The van der Waals surface area contributed by atoms with Gasteiger partial charge in [0.1, 0.15) is 0 Å². The molecule has 1 rings (SSSR count). The van der Waals surface area contributed by atoms with Crippen molar-refractivity contribution < 1.29 is 4.79 Å². The number of allylic oxidation sites excluding steroid dienone is 1. The van der Waals surface area contributed by atoms with Gasteiger partial charge in [0.15, 0.2) is 0 Å². The van der Waals surface area contributed by atoms with Crippen LogP contribution in [0.2, 0.25) is 0 Å². The van der Waals surface area contributed by atoms with E-state index < -0.39 is 0 Å². The van der Waals surface area contributed by atoms with Crippen molar-refractivity contribution in [2.45, 2.75) is 20.3 Å². The Labute approximate surface area is 84.4 Å². The third-order valence-corrected chi connectivity index (χ3v) is 2.15. The summed E-state index contributed by atoms with van der Waals surface area (Å²) in [6, 6.07) is 8.23. The average molecular weight is 189 g/mol. The SMILES string of the molecule is CC(=CCc1ccc(C)cc1)C(N)=O. The van der Waals surface area contributed by atoms with Crippen LogP contribution in [0.5, 0.6) is 0 Å². The molecule has 0 atom stereocenters. The largest absolute Gasteiger partial charge is 0.366 e. The highest BCUT2D eigenvalue weighted by molar-refractivity contribution is 5.91. The Hall–Kier alpha value is -1.57. The van der Waals surface area contributed by atoms with Gasteiger partial charge in [-0.1, -0.05) is 35.9 Å². The van der Waals surface area contributed by atoms with E-state index >= 15 is 0 Å². The highest BCUT2D eigenvalue weighted by Crippen LogP contribution is 2.05. The third kappa shape index (κ3) is 3.05. The molecule has 1 amide bonds. The predicted octanol–water partition coefficient (Wildman–Crippen LogP) is 1.97. The Morgan fingerprint density at radius 2 is 1.93 bits per heavy atom. The van der Waals surface area contributed by atoms with Gasteiger partial charge in [0.05, 0.1) is 0 Å². The van der Waals surface area contributed by atoms with E-state index in [0.29, 0.717) is 5.57 Å². The highest BCUT2D eigenvalue weighted by Gasteiger charge is 1.96. The molecular weight excluding hydrogens is 174 g/mol. The molecule has 0 spiro atoms. The summed E-state index contributed by atoms with van der Waals surface area (Å²) in [7, 11) is 0. The average Bonchev–Trinajstić information content (AvgIpc) is 2.16. The van der Waals surface area contributed by atoms with Gasteiger partial charge in [0.2, 0.25) is 5.91 Å². The molecule has 74 valence electrons. The fourth-order valence-electron chi connectivity index (χ4n) is 1.10. The van der Waals surface area contributed by atoms with Crippen LogP contribution in [0.25, 0.3) is 0 Å². The van der Waals surface area contributed by atoms with Crippen LogP contribution in [0.1, 0.15) is 18.1 Å². The first-order valence-corrected chi connectivity index (χ1v) is 4.61. The molecule has 0 unspecified atom stereocenters. The first-order valence-electron chi connectivity index (χ1n) is 4.61. The molecule has 0 aliphatic heterocycles. The van der Waals surface area contributed by atoms with E-state index in [1.807, 2.05) is 13.0 Å². The lowest BCUT2D eigenvalue weighted by Crippen LogP contribution is -2.11. The monoisotopic (exact) mass is 189 g/mol. The van der Waals surface area contributed by atoms with Crippen molar-refractivity contribution in [3.05, 3.63) is 47.0 Å². The number of aryl methyl sites for hydroxylation is 1. The fourth-order valence-corrected chi connectivity index (χ4v) is 1.10. The van der Waals surface area contributed by atoms with Gasteiger partial charge >= 0.3 is 0 Å². The number of amides is 1. The molecule has 0 fully saturated rings. The quantitative estimate of drug-likeness (QED) is 0.726. The van der Waals surface area contributed by atoms with Crippen LogP contribution < -0.4 is 5.73 Å². The molecule has 0 saturated carbocycles. The van der Waals surface area contributed by atoms with E-state index in [4.69, 9.17) is 5.73 Å². The summed E-state index contributed by atoms with van der Waals surface area (Å²) in [5.41, 5.74) is 8.16. The van der Waals surface area contributed by atoms with Gasteiger partial charge in [-0.05, 0) is 25.8 Å². The second-order valence-electron chi connectivity index (χ2n) is 3.44. The third-order valence-electron chi connectivity index (χ3n) is 2.15. The minimum Gasteiger partial charge on any atom is -0.366 e. The molecule has 0 aliphatic carbocycles. The minimum atomic E-state index is -0.350. The number of primary amides is 1. The van der Waals surface area contributed by atoms with Crippen LogP contribution >= 0.6 is 0 Å². The van der Waals surface area contributed by atoms with Gasteiger partial charge in [0.25, 0.3) is 0 Å². The number of hydrogen-bond donors (Lipinski definition) is 1. The molecule has 2 heteroatoms. The van der Waals surface area contributed by atoms with Crippen molar-refractivity contribution in [1.29, 1.82) is 0 Å². The van der Waals surface area contributed by atoms with Crippen molar-refractivity contribution in [2.24, 2.45) is 5.73 Å². The van der Waals surface area contributed by atoms with Gasteiger partial charge in [-0.25, -0.2) is 0 Å². The van der Waals surface area contributed by atoms with Gasteiger partial charge in [-0.3, -0.25) is 4.79 Å². The molecule has 0 saturated heterocycles. The molecule has 0 aromatic heterocycles. The van der Waals surface area contributed by atoms with Crippen molar-refractivity contribution in [3.8, 4) is 0 Å². The minimum absolute atomic E-state index is 0.350. The Bertz CT molecular complexity index is 349. The summed E-state index contributed by atoms with van der Waals surface area (Å²) >= 11 is 0. The first-order chi connectivity index (χ1) is 6.59. The summed E-state index contributed by atoms with van der Waals surface area (Å²) in [5, 5.41) is 0. The zero-order valence-corrected chi connectivity index (χ0v) is 8.58. The maximum Gasteiger partial charge on any atom is 0.244 e. The molecule has 2 nitrogen and oxygen atoms in total. The lowest BCUT2D eigenvalue weighted by atomic mass is 10.1. The normalized spacial score (nSPS) is 11.4. The van der Waals surface area contributed by atoms with Crippen LogP contribution in [0.4, 0.5) is 0 Å². The number of rotatable bonds is 3. The summed E-state index contributed by atoms with van der Waals surface area (Å²) in [6.07, 6.45) is 2.61. The molecular formula is C12H15NO. The number of carbonyl (C=O) groups excluding carboxylic acids is 1. The van der Waals surface area contributed by atoms with Gasteiger partial charge in [-0.2, -0.15) is 0 Å². The summed E-state index contributed by atoms with van der Waals surface area (Å²) in [4.78, 5) is 10.7. The van der Waals surface area contributed by atoms with Gasteiger partial charge in [0, 0.05) is 5.57 Å². The topological polar surface area (TPSA) is 43.1 Å². The van der Waals surface area contributed by atoms with Crippen LogP contribution in [0, 0.1) is 6.92 Å². The number of carbonyl (C=O) groups is 1. The standard InChI is InChI=1S/C12H15NO/c1-9-3-6-11(7-4-9)8-5-10(2)12(13)14/h3-7H,8H2,1-2H3,(H2,13,14). The van der Waals surface area contributed by atoms with Crippen molar-refractivity contribution >= 4 is 5.91 Å².